The summed E-state index contributed by atoms with van der Waals surface area (Å²) in [6, 6.07) is 0. The maximum atomic E-state index is 12.2. The Labute approximate surface area is 126 Å². The number of rotatable bonds is 4. The monoisotopic (exact) mass is 296 g/mol. The summed E-state index contributed by atoms with van der Waals surface area (Å²) in [6.45, 7) is 9.30. The molecule has 1 aromatic rings. The molecule has 112 valence electrons. The van der Waals surface area contributed by atoms with Crippen LogP contribution in [0.25, 0.3) is 0 Å². The summed E-state index contributed by atoms with van der Waals surface area (Å²) in [5.74, 6) is 1.84. The quantitative estimate of drug-likeness (QED) is 0.840. The predicted octanol–water partition coefficient (Wildman–Crippen LogP) is 4.05. The van der Waals surface area contributed by atoms with Gasteiger partial charge in [-0.2, -0.15) is 5.10 Å². The number of carbonyl (C=O) groups is 1. The molecule has 1 aliphatic rings. The highest BCUT2D eigenvalue weighted by Crippen LogP contribution is 2.34. The second-order valence-electron chi connectivity index (χ2n) is 6.31. The van der Waals surface area contributed by atoms with Gasteiger partial charge in [0.1, 0.15) is 5.78 Å². The van der Waals surface area contributed by atoms with Crippen LogP contribution < -0.4 is 0 Å². The van der Waals surface area contributed by atoms with Crippen LogP contribution in [0.5, 0.6) is 0 Å². The van der Waals surface area contributed by atoms with Crippen molar-refractivity contribution in [1.82, 2.24) is 9.78 Å². The van der Waals surface area contributed by atoms with Crippen LogP contribution in [-0.2, 0) is 17.8 Å². The number of hydrogen-bond donors (Lipinski definition) is 0. The Hall–Kier alpha value is -0.830. The average Bonchev–Trinajstić information content (AvgIpc) is 2.68. The summed E-state index contributed by atoms with van der Waals surface area (Å²) in [5.41, 5.74) is 1.90. The number of carbonyl (C=O) groups excluding carboxylic acids is 1. The fourth-order valence-corrected chi connectivity index (χ4v) is 3.46. The molecule has 3 nitrogen and oxygen atoms in total. The van der Waals surface area contributed by atoms with E-state index >= 15 is 0 Å². The molecule has 1 saturated carbocycles. The molecule has 2 unspecified atom stereocenters. The van der Waals surface area contributed by atoms with E-state index < -0.39 is 0 Å². The van der Waals surface area contributed by atoms with Gasteiger partial charge in [0, 0.05) is 25.3 Å². The molecular weight excluding hydrogens is 272 g/mol. The van der Waals surface area contributed by atoms with Gasteiger partial charge in [-0.05, 0) is 38.5 Å². The molecule has 1 fully saturated rings. The Morgan fingerprint density at radius 2 is 2.15 bits per heavy atom. The summed E-state index contributed by atoms with van der Waals surface area (Å²) in [7, 11) is 0. The third kappa shape index (κ3) is 3.08. The molecule has 2 rings (SSSR count). The third-order valence-corrected chi connectivity index (χ3v) is 5.13. The highest BCUT2D eigenvalue weighted by molar-refractivity contribution is 6.31. The molecular formula is C16H25ClN2O. The Morgan fingerprint density at radius 1 is 1.45 bits per heavy atom. The van der Waals surface area contributed by atoms with E-state index in [0.29, 0.717) is 17.6 Å². The van der Waals surface area contributed by atoms with Crippen molar-refractivity contribution in [1.29, 1.82) is 0 Å². The Balaban J connectivity index is 2.17. The highest BCUT2D eigenvalue weighted by Gasteiger charge is 2.31. The van der Waals surface area contributed by atoms with Gasteiger partial charge >= 0.3 is 0 Å². The smallest absolute Gasteiger partial charge is 0.136 e. The van der Waals surface area contributed by atoms with Crippen LogP contribution in [0.1, 0.15) is 51.4 Å². The summed E-state index contributed by atoms with van der Waals surface area (Å²) in [4.78, 5) is 12.2. The third-order valence-electron chi connectivity index (χ3n) is 4.64. The lowest BCUT2D eigenvalue weighted by atomic mass is 9.74. The van der Waals surface area contributed by atoms with Gasteiger partial charge < -0.3 is 0 Å². The van der Waals surface area contributed by atoms with Crippen LogP contribution in [0.2, 0.25) is 5.02 Å². The Kier molecular flexibility index (Phi) is 4.90. The zero-order valence-corrected chi connectivity index (χ0v) is 13.7. The predicted molar refractivity (Wildman–Crippen MR) is 82.0 cm³/mol. The largest absolute Gasteiger partial charge is 0.299 e. The van der Waals surface area contributed by atoms with E-state index in [0.717, 1.165) is 48.6 Å². The highest BCUT2D eigenvalue weighted by atomic mass is 35.5. The van der Waals surface area contributed by atoms with Gasteiger partial charge in [0.2, 0.25) is 0 Å². The summed E-state index contributed by atoms with van der Waals surface area (Å²) in [6.07, 6.45) is 3.52. The number of nitrogens with zero attached hydrogens (tertiary/aromatic N) is 2. The SMILES string of the molecule is CCn1nc(C)c(Cl)c1CC1CC(C(C)C)CCC1=O. The van der Waals surface area contributed by atoms with Crippen LogP contribution in [0.3, 0.4) is 0 Å². The van der Waals surface area contributed by atoms with Crippen molar-refractivity contribution in [3.8, 4) is 0 Å². The first kappa shape index (κ1) is 15.6. The first-order valence-electron chi connectivity index (χ1n) is 7.68. The Morgan fingerprint density at radius 3 is 2.75 bits per heavy atom. The molecule has 0 aliphatic heterocycles. The van der Waals surface area contributed by atoms with E-state index in [1.807, 2.05) is 11.6 Å². The van der Waals surface area contributed by atoms with Crippen molar-refractivity contribution in [2.24, 2.45) is 17.8 Å². The van der Waals surface area contributed by atoms with Gasteiger partial charge in [0.15, 0.2) is 0 Å². The first-order valence-corrected chi connectivity index (χ1v) is 8.06. The molecule has 4 heteroatoms. The van der Waals surface area contributed by atoms with Crippen molar-refractivity contribution >= 4 is 17.4 Å². The van der Waals surface area contributed by atoms with E-state index in [1.165, 1.54) is 0 Å². The average molecular weight is 297 g/mol. The van der Waals surface area contributed by atoms with Gasteiger partial charge in [-0.25, -0.2) is 0 Å². The van der Waals surface area contributed by atoms with Gasteiger partial charge in [-0.3, -0.25) is 9.48 Å². The molecule has 0 aromatic carbocycles. The van der Waals surface area contributed by atoms with E-state index in [1.54, 1.807) is 0 Å². The van der Waals surface area contributed by atoms with Crippen LogP contribution in [0, 0.1) is 24.7 Å². The maximum absolute atomic E-state index is 12.2. The number of aryl methyl sites for hydroxylation is 2. The lowest BCUT2D eigenvalue weighted by Gasteiger charge is -2.30. The lowest BCUT2D eigenvalue weighted by Crippen LogP contribution is -2.29. The van der Waals surface area contributed by atoms with Gasteiger partial charge in [-0.1, -0.05) is 25.4 Å². The van der Waals surface area contributed by atoms with Crippen molar-refractivity contribution in [3.63, 3.8) is 0 Å². The number of ketones is 1. The molecule has 1 aliphatic carbocycles. The zero-order chi connectivity index (χ0) is 14.9. The fourth-order valence-electron chi connectivity index (χ4n) is 3.25. The molecule has 0 N–H and O–H groups in total. The molecule has 0 bridgehead atoms. The molecule has 0 spiro atoms. The van der Waals surface area contributed by atoms with Gasteiger partial charge in [-0.15, -0.1) is 0 Å². The molecule has 20 heavy (non-hydrogen) atoms. The molecule has 1 aromatic heterocycles. The first-order chi connectivity index (χ1) is 9.43. The van der Waals surface area contributed by atoms with Gasteiger partial charge in [0.25, 0.3) is 0 Å². The van der Waals surface area contributed by atoms with Crippen molar-refractivity contribution in [2.75, 3.05) is 0 Å². The number of Topliss-reactive ketones (excluding diaryl/α,β-unsaturated/α-hetero) is 1. The second kappa shape index (κ2) is 6.30. The van der Waals surface area contributed by atoms with E-state index in [4.69, 9.17) is 11.6 Å². The normalized spacial score (nSPS) is 23.6. The minimum atomic E-state index is 0.120. The maximum Gasteiger partial charge on any atom is 0.136 e. The molecule has 0 amide bonds. The number of halogens is 1. The van der Waals surface area contributed by atoms with E-state index in [2.05, 4.69) is 25.9 Å². The summed E-state index contributed by atoms with van der Waals surface area (Å²) < 4.78 is 1.95. The second-order valence-corrected chi connectivity index (χ2v) is 6.69. The van der Waals surface area contributed by atoms with Crippen LogP contribution in [0.4, 0.5) is 0 Å². The minimum Gasteiger partial charge on any atom is -0.299 e. The summed E-state index contributed by atoms with van der Waals surface area (Å²) >= 11 is 6.36. The minimum absolute atomic E-state index is 0.120. The topological polar surface area (TPSA) is 34.9 Å². The van der Waals surface area contributed by atoms with Crippen molar-refractivity contribution in [3.05, 3.63) is 16.4 Å². The fraction of sp³-hybridized carbons (Fsp3) is 0.750. The zero-order valence-electron chi connectivity index (χ0n) is 12.9. The van der Waals surface area contributed by atoms with E-state index in [-0.39, 0.29) is 5.92 Å². The van der Waals surface area contributed by atoms with Crippen molar-refractivity contribution in [2.45, 2.75) is 59.9 Å². The van der Waals surface area contributed by atoms with E-state index in [9.17, 15) is 4.79 Å². The molecule has 0 saturated heterocycles. The molecule has 0 radical (unpaired) electrons. The standard InChI is InChI=1S/C16H25ClN2O/c1-5-19-14(16(17)11(4)18-19)9-13-8-12(10(2)3)6-7-15(13)20/h10,12-13H,5-9H2,1-4H3. The number of hydrogen-bond acceptors (Lipinski definition) is 2. The van der Waals surface area contributed by atoms with Crippen LogP contribution in [0.15, 0.2) is 0 Å². The van der Waals surface area contributed by atoms with Gasteiger partial charge in [0.05, 0.1) is 16.4 Å². The molecule has 2 atom stereocenters. The van der Waals surface area contributed by atoms with Crippen molar-refractivity contribution < 1.29 is 4.79 Å². The Bertz CT molecular complexity index is 493. The summed E-state index contributed by atoms with van der Waals surface area (Å²) in [5, 5.41) is 5.19. The number of aromatic nitrogens is 2. The molecule has 1 heterocycles. The van der Waals surface area contributed by atoms with Crippen LogP contribution in [-0.4, -0.2) is 15.6 Å². The lowest BCUT2D eigenvalue weighted by molar-refractivity contribution is -0.126. The van der Waals surface area contributed by atoms with Crippen LogP contribution >= 0.6 is 11.6 Å².